The van der Waals surface area contributed by atoms with Crippen molar-refractivity contribution in [2.45, 2.75) is 25.7 Å². The Morgan fingerprint density at radius 1 is 1.18 bits per heavy atom. The van der Waals surface area contributed by atoms with E-state index in [0.29, 0.717) is 12.0 Å². The lowest BCUT2D eigenvalue weighted by atomic mass is 9.98. The number of fused-ring (bicyclic) bond motifs is 1. The van der Waals surface area contributed by atoms with Crippen molar-refractivity contribution in [2.24, 2.45) is 0 Å². The van der Waals surface area contributed by atoms with E-state index in [9.17, 15) is 9.59 Å². The molecule has 118 valence electrons. The molecule has 2 aliphatic heterocycles. The average Bonchev–Trinajstić information content (AvgIpc) is 3.02. The summed E-state index contributed by atoms with van der Waals surface area (Å²) in [7, 11) is 1.54. The van der Waals surface area contributed by atoms with Gasteiger partial charge in [-0.25, -0.2) is 0 Å². The van der Waals surface area contributed by atoms with Crippen LogP contribution >= 0.6 is 0 Å². The maximum Gasteiger partial charge on any atom is 0.260 e. The standard InChI is InChI=1S/C17H23N3O2/c1-19-16(21)12-13-11-14(5-6-15(13)17(19)22)18-7-4-10-20-8-2-3-9-20/h5-6,11,18H,2-4,7-10,12H2,1H3. The van der Waals surface area contributed by atoms with Crippen LogP contribution in [0.25, 0.3) is 0 Å². The van der Waals surface area contributed by atoms with E-state index in [2.05, 4.69) is 10.2 Å². The molecule has 0 spiro atoms. The Labute approximate surface area is 131 Å². The molecule has 1 aromatic carbocycles. The van der Waals surface area contributed by atoms with Crippen LogP contribution < -0.4 is 5.32 Å². The molecule has 0 aliphatic carbocycles. The lowest BCUT2D eigenvalue weighted by Crippen LogP contribution is -2.39. The van der Waals surface area contributed by atoms with Gasteiger partial charge in [-0.15, -0.1) is 0 Å². The number of nitrogens with zero attached hydrogens (tertiary/aromatic N) is 2. The van der Waals surface area contributed by atoms with E-state index in [1.165, 1.54) is 37.9 Å². The van der Waals surface area contributed by atoms with Crippen LogP contribution in [-0.2, 0) is 11.2 Å². The monoisotopic (exact) mass is 301 g/mol. The summed E-state index contributed by atoms with van der Waals surface area (Å²) in [6.07, 6.45) is 4.07. The summed E-state index contributed by atoms with van der Waals surface area (Å²) in [6.45, 7) is 4.52. The number of benzene rings is 1. The molecule has 2 heterocycles. The lowest BCUT2D eigenvalue weighted by Gasteiger charge is -2.23. The number of anilines is 1. The number of carbonyl (C=O) groups is 2. The Morgan fingerprint density at radius 2 is 1.95 bits per heavy atom. The van der Waals surface area contributed by atoms with Gasteiger partial charge in [0.15, 0.2) is 0 Å². The molecule has 0 bridgehead atoms. The van der Waals surface area contributed by atoms with Gasteiger partial charge in [-0.3, -0.25) is 14.5 Å². The summed E-state index contributed by atoms with van der Waals surface area (Å²) >= 11 is 0. The van der Waals surface area contributed by atoms with Gasteiger partial charge in [0, 0.05) is 24.8 Å². The molecule has 0 atom stereocenters. The third-order valence-corrected chi connectivity index (χ3v) is 4.53. The summed E-state index contributed by atoms with van der Waals surface area (Å²) < 4.78 is 0. The first-order valence-corrected chi connectivity index (χ1v) is 8.05. The Balaban J connectivity index is 1.56. The van der Waals surface area contributed by atoms with Crippen LogP contribution in [0.4, 0.5) is 5.69 Å². The molecular formula is C17H23N3O2. The molecule has 1 aromatic rings. The third-order valence-electron chi connectivity index (χ3n) is 4.53. The molecule has 5 heteroatoms. The van der Waals surface area contributed by atoms with Crippen molar-refractivity contribution in [1.29, 1.82) is 0 Å². The van der Waals surface area contributed by atoms with Crippen molar-refractivity contribution in [1.82, 2.24) is 9.80 Å². The van der Waals surface area contributed by atoms with Crippen LogP contribution in [0.2, 0.25) is 0 Å². The number of carbonyl (C=O) groups excluding carboxylic acids is 2. The van der Waals surface area contributed by atoms with Crippen molar-refractivity contribution in [3.8, 4) is 0 Å². The van der Waals surface area contributed by atoms with Gasteiger partial charge in [-0.2, -0.15) is 0 Å². The largest absolute Gasteiger partial charge is 0.385 e. The molecule has 0 unspecified atom stereocenters. The number of imide groups is 1. The normalized spacial score (nSPS) is 18.7. The van der Waals surface area contributed by atoms with Gasteiger partial charge in [0.1, 0.15) is 0 Å². The van der Waals surface area contributed by atoms with Crippen molar-refractivity contribution < 1.29 is 9.59 Å². The van der Waals surface area contributed by atoms with E-state index < -0.39 is 0 Å². The van der Waals surface area contributed by atoms with Crippen molar-refractivity contribution in [3.63, 3.8) is 0 Å². The maximum atomic E-state index is 12.0. The highest BCUT2D eigenvalue weighted by atomic mass is 16.2. The van der Waals surface area contributed by atoms with E-state index in [4.69, 9.17) is 0 Å². The number of nitrogens with one attached hydrogen (secondary N) is 1. The molecule has 2 aliphatic rings. The summed E-state index contributed by atoms with van der Waals surface area (Å²) in [5.74, 6) is -0.337. The highest BCUT2D eigenvalue weighted by Gasteiger charge is 2.27. The van der Waals surface area contributed by atoms with Gasteiger partial charge in [0.2, 0.25) is 5.91 Å². The number of amides is 2. The molecule has 1 N–H and O–H groups in total. The Kier molecular flexibility index (Phi) is 4.43. The number of likely N-dealkylation sites (tertiary alicyclic amines) is 1. The SMILES string of the molecule is CN1C(=O)Cc2cc(NCCCN3CCCC3)ccc2C1=O. The summed E-state index contributed by atoms with van der Waals surface area (Å²) in [5.41, 5.74) is 2.47. The van der Waals surface area contributed by atoms with Gasteiger partial charge in [0.05, 0.1) is 6.42 Å². The zero-order valence-electron chi connectivity index (χ0n) is 13.1. The minimum absolute atomic E-state index is 0.135. The maximum absolute atomic E-state index is 12.0. The first kappa shape index (κ1) is 15.0. The Morgan fingerprint density at radius 3 is 2.73 bits per heavy atom. The predicted molar refractivity (Wildman–Crippen MR) is 86.0 cm³/mol. The fourth-order valence-electron chi connectivity index (χ4n) is 3.18. The molecule has 2 amide bonds. The molecule has 1 saturated heterocycles. The molecule has 3 rings (SSSR count). The van der Waals surface area contributed by atoms with Crippen LogP contribution in [0.5, 0.6) is 0 Å². The summed E-state index contributed by atoms with van der Waals surface area (Å²) in [5, 5.41) is 3.40. The fraction of sp³-hybridized carbons (Fsp3) is 0.529. The first-order chi connectivity index (χ1) is 10.6. The van der Waals surface area contributed by atoms with Crippen LogP contribution in [0.15, 0.2) is 18.2 Å². The number of rotatable bonds is 5. The van der Waals surface area contributed by atoms with Gasteiger partial charge in [0.25, 0.3) is 5.91 Å². The topological polar surface area (TPSA) is 52.7 Å². The molecule has 22 heavy (non-hydrogen) atoms. The quantitative estimate of drug-likeness (QED) is 0.665. The summed E-state index contributed by atoms with van der Waals surface area (Å²) in [6, 6.07) is 5.69. The van der Waals surface area contributed by atoms with E-state index >= 15 is 0 Å². The van der Waals surface area contributed by atoms with E-state index in [0.717, 1.165) is 30.8 Å². The second kappa shape index (κ2) is 6.48. The van der Waals surface area contributed by atoms with Gasteiger partial charge in [-0.05, 0) is 62.7 Å². The second-order valence-corrected chi connectivity index (χ2v) is 6.14. The van der Waals surface area contributed by atoms with Crippen LogP contribution in [0, 0.1) is 0 Å². The lowest BCUT2D eigenvalue weighted by molar-refractivity contribution is -0.127. The Bertz CT molecular complexity index is 579. The zero-order valence-corrected chi connectivity index (χ0v) is 13.1. The zero-order chi connectivity index (χ0) is 15.5. The van der Waals surface area contributed by atoms with Crippen molar-refractivity contribution in [2.75, 3.05) is 38.5 Å². The van der Waals surface area contributed by atoms with Gasteiger partial charge < -0.3 is 10.2 Å². The van der Waals surface area contributed by atoms with Gasteiger partial charge in [-0.1, -0.05) is 0 Å². The summed E-state index contributed by atoms with van der Waals surface area (Å²) in [4.78, 5) is 27.5. The number of hydrogen-bond donors (Lipinski definition) is 1. The molecule has 0 radical (unpaired) electrons. The van der Waals surface area contributed by atoms with E-state index in [-0.39, 0.29) is 11.8 Å². The second-order valence-electron chi connectivity index (χ2n) is 6.14. The fourth-order valence-corrected chi connectivity index (χ4v) is 3.18. The third kappa shape index (κ3) is 3.14. The minimum Gasteiger partial charge on any atom is -0.385 e. The van der Waals surface area contributed by atoms with Crippen LogP contribution in [0.3, 0.4) is 0 Å². The van der Waals surface area contributed by atoms with Gasteiger partial charge >= 0.3 is 0 Å². The van der Waals surface area contributed by atoms with Crippen LogP contribution in [0.1, 0.15) is 35.2 Å². The molecule has 1 fully saturated rings. The highest BCUT2D eigenvalue weighted by molar-refractivity contribution is 6.09. The minimum atomic E-state index is -0.202. The first-order valence-electron chi connectivity index (χ1n) is 8.05. The predicted octanol–water partition coefficient (Wildman–Crippen LogP) is 1.74. The molecule has 5 nitrogen and oxygen atoms in total. The smallest absolute Gasteiger partial charge is 0.260 e. The molecular weight excluding hydrogens is 278 g/mol. The van der Waals surface area contributed by atoms with Crippen molar-refractivity contribution in [3.05, 3.63) is 29.3 Å². The number of likely N-dealkylation sites (N-methyl/N-ethyl adjacent to an activating group) is 1. The molecule has 0 saturated carbocycles. The van der Waals surface area contributed by atoms with Crippen LogP contribution in [-0.4, -0.2) is 54.8 Å². The van der Waals surface area contributed by atoms with E-state index in [1.807, 2.05) is 18.2 Å². The average molecular weight is 301 g/mol. The number of hydrogen-bond acceptors (Lipinski definition) is 4. The highest BCUT2D eigenvalue weighted by Crippen LogP contribution is 2.22. The Hall–Kier alpha value is -1.88. The molecule has 0 aromatic heterocycles. The van der Waals surface area contributed by atoms with E-state index in [1.54, 1.807) is 0 Å². The van der Waals surface area contributed by atoms with Crippen molar-refractivity contribution >= 4 is 17.5 Å².